The van der Waals surface area contributed by atoms with Gasteiger partial charge in [0.25, 0.3) is 0 Å². The first kappa shape index (κ1) is 41.3. The third-order valence-electron chi connectivity index (χ3n) is 15.2. The predicted molar refractivity (Wildman–Crippen MR) is 204 cm³/mol. The van der Waals surface area contributed by atoms with Crippen LogP contribution in [0, 0.1) is 64.6 Å². The van der Waals surface area contributed by atoms with Crippen LogP contribution in [0.2, 0.25) is 0 Å². The molecule has 2 heterocycles. The topological polar surface area (TPSA) is 133 Å². The van der Waals surface area contributed by atoms with E-state index in [2.05, 4.69) is 64.2 Å². The first-order valence-corrected chi connectivity index (χ1v) is 21.3. The molecule has 7 fully saturated rings. The summed E-state index contributed by atoms with van der Waals surface area (Å²) in [5, 5.41) is 30.1. The number of likely N-dealkylation sites (N-methyl/N-ethyl adjacent to an activating group) is 1. The lowest BCUT2D eigenvalue weighted by atomic mass is 9.45. The fraction of sp³-hybridized carbons (Fsp3) is 0.952. The van der Waals surface area contributed by atoms with E-state index in [0.717, 1.165) is 57.9 Å². The summed E-state index contributed by atoms with van der Waals surface area (Å²) in [6.07, 6.45) is 7.43. The zero-order chi connectivity index (χ0) is 38.4. The number of nitrogens with one attached hydrogen (secondary N) is 2. The number of aliphatic hydroxyl groups excluding tert-OH is 2. The molecule has 0 aromatic heterocycles. The van der Waals surface area contributed by atoms with E-state index < -0.39 is 24.2 Å². The number of methoxy groups -OCH3 is 1. The second-order valence-corrected chi connectivity index (χ2v) is 19.6. The van der Waals surface area contributed by atoms with Crippen molar-refractivity contribution >= 4 is 11.8 Å². The fourth-order valence-corrected chi connectivity index (χ4v) is 12.5. The van der Waals surface area contributed by atoms with E-state index in [9.17, 15) is 19.8 Å². The number of ether oxygens (including phenoxy) is 2. The maximum absolute atomic E-state index is 14.3. The number of hydrogen-bond acceptors (Lipinski definition) is 9. The van der Waals surface area contributed by atoms with Gasteiger partial charge in [0.15, 0.2) is 0 Å². The second-order valence-electron chi connectivity index (χ2n) is 19.6. The Morgan fingerprint density at radius 2 is 1.79 bits per heavy atom. The predicted octanol–water partition coefficient (Wildman–Crippen LogP) is 4.10. The molecule has 0 aromatic rings. The van der Waals surface area contributed by atoms with Gasteiger partial charge in [-0.2, -0.15) is 5.06 Å². The van der Waals surface area contributed by atoms with Crippen molar-refractivity contribution in [1.29, 1.82) is 0 Å². The van der Waals surface area contributed by atoms with Gasteiger partial charge in [-0.1, -0.05) is 41.0 Å². The molecule has 0 radical (unpaired) electrons. The summed E-state index contributed by atoms with van der Waals surface area (Å²) in [5.74, 6) is 2.44. The quantitative estimate of drug-likeness (QED) is 0.208. The van der Waals surface area contributed by atoms with Crippen molar-refractivity contribution < 1.29 is 34.1 Å². The van der Waals surface area contributed by atoms with E-state index in [1.807, 2.05) is 7.11 Å². The number of nitrogens with zero attached hydrogens (tertiary/aromatic N) is 2. The van der Waals surface area contributed by atoms with E-state index in [4.69, 9.17) is 14.3 Å². The highest BCUT2D eigenvalue weighted by Gasteiger charge is 2.58. The number of rotatable bonds is 14. The Balaban J connectivity index is 1.17. The molecule has 5 saturated carbocycles. The number of carbonyl (C=O) groups excluding carboxylic acids is 2. The van der Waals surface area contributed by atoms with E-state index in [0.29, 0.717) is 54.1 Å². The lowest BCUT2D eigenvalue weighted by Gasteiger charge is -2.62. The largest absolute Gasteiger partial charge is 0.394 e. The van der Waals surface area contributed by atoms with Crippen molar-refractivity contribution in [3.05, 3.63) is 0 Å². The van der Waals surface area contributed by atoms with Gasteiger partial charge in [0.1, 0.15) is 12.1 Å². The third kappa shape index (κ3) is 8.52. The van der Waals surface area contributed by atoms with E-state index in [1.165, 1.54) is 6.42 Å². The number of carbonyl (C=O) groups is 2. The van der Waals surface area contributed by atoms with Crippen LogP contribution < -0.4 is 10.6 Å². The Kier molecular flexibility index (Phi) is 13.3. The van der Waals surface area contributed by atoms with Crippen LogP contribution in [-0.2, 0) is 23.9 Å². The van der Waals surface area contributed by atoms with Crippen molar-refractivity contribution in [2.24, 2.45) is 64.6 Å². The van der Waals surface area contributed by atoms with Crippen molar-refractivity contribution in [3.63, 3.8) is 0 Å². The van der Waals surface area contributed by atoms with Crippen LogP contribution >= 0.6 is 0 Å². The smallest absolute Gasteiger partial charge is 0.240 e. The summed E-state index contributed by atoms with van der Waals surface area (Å²) in [4.78, 5) is 37.0. The molecule has 7 aliphatic rings. The summed E-state index contributed by atoms with van der Waals surface area (Å²) in [5.41, 5.74) is 0.316. The molecule has 5 aliphatic carbocycles. The highest BCUT2D eigenvalue weighted by Crippen LogP contribution is 2.61. The Bertz CT molecular complexity index is 1240. The maximum Gasteiger partial charge on any atom is 0.240 e. The molecule has 11 heteroatoms. The highest BCUT2D eigenvalue weighted by atomic mass is 16.7. The number of hydrogen-bond donors (Lipinski definition) is 4. The van der Waals surface area contributed by atoms with Crippen molar-refractivity contribution in [3.8, 4) is 0 Å². The number of amides is 2. The molecule has 2 bridgehead atoms. The highest BCUT2D eigenvalue weighted by molar-refractivity contribution is 5.83. The Labute approximate surface area is 319 Å². The molecule has 2 amide bonds. The minimum absolute atomic E-state index is 0.0281. The van der Waals surface area contributed by atoms with Crippen LogP contribution in [0.3, 0.4) is 0 Å². The fourth-order valence-electron chi connectivity index (χ4n) is 12.5. The van der Waals surface area contributed by atoms with Gasteiger partial charge in [0.05, 0.1) is 30.8 Å². The minimum Gasteiger partial charge on any atom is -0.394 e. The number of aliphatic hydroxyl groups is 2. The molecule has 53 heavy (non-hydrogen) atoms. The van der Waals surface area contributed by atoms with E-state index in [1.54, 1.807) is 12.0 Å². The standard InChI is InChI=1S/C42H74N4O7/c1-23(2)15-30(21-45(7)8)43-40(49)32-17-28(16-26-13-14-52-39(26)32)31-12-10-11-27(38(31)51-9)20-46-37(36(25(4)48)35(22-47)53-46)41(50)44-34-19-29-18-33(24(34)3)42(29,5)6/h23-39,47-48H,10-22H2,1-9H3,(H,43,49)(H,44,50)/t24-,25-,26?,27?,28?,29?,30-,31?,32?,33-,34-,35-,36+,37-,38?,39?/m0/s1. The molecule has 8 unspecified atom stereocenters. The molecule has 16 atom stereocenters. The van der Waals surface area contributed by atoms with Crippen LogP contribution in [0.15, 0.2) is 0 Å². The molecule has 0 spiro atoms. The van der Waals surface area contributed by atoms with Gasteiger partial charge < -0.3 is 35.2 Å². The van der Waals surface area contributed by atoms with Gasteiger partial charge in [0, 0.05) is 50.7 Å². The summed E-state index contributed by atoms with van der Waals surface area (Å²) >= 11 is 0. The van der Waals surface area contributed by atoms with Crippen molar-refractivity contribution in [2.75, 3.05) is 47.5 Å². The minimum atomic E-state index is -0.828. The van der Waals surface area contributed by atoms with Gasteiger partial charge in [-0.15, -0.1) is 0 Å². The summed E-state index contributed by atoms with van der Waals surface area (Å²) in [7, 11) is 5.93. The molecule has 2 aliphatic heterocycles. The van der Waals surface area contributed by atoms with Crippen LogP contribution in [-0.4, -0.2) is 122 Å². The maximum atomic E-state index is 14.3. The van der Waals surface area contributed by atoms with E-state index in [-0.39, 0.29) is 60.5 Å². The normalized spacial score (nSPS) is 42.2. The lowest BCUT2D eigenvalue weighted by molar-refractivity contribution is -0.193. The molecule has 11 nitrogen and oxygen atoms in total. The Morgan fingerprint density at radius 1 is 1.04 bits per heavy atom. The molecule has 4 N–H and O–H groups in total. The summed E-state index contributed by atoms with van der Waals surface area (Å²) < 4.78 is 12.7. The zero-order valence-electron chi connectivity index (χ0n) is 34.3. The SMILES string of the molecule is COC1C(CN2O[C@@H](CO)[C@@H]([C@H](C)O)[C@H]2C(=O)N[C@H]2CC3C[C@@H]([C@@H]2C)C3(C)C)CCCC1C1CC2CCOC2C(C(=O)N[C@@H](CC(C)C)CN(C)C)C1. The Morgan fingerprint density at radius 3 is 2.42 bits per heavy atom. The Hall–Kier alpha value is -1.34. The van der Waals surface area contributed by atoms with Crippen LogP contribution in [0.5, 0.6) is 0 Å². The molecular weight excluding hydrogens is 672 g/mol. The van der Waals surface area contributed by atoms with Crippen LogP contribution in [0.25, 0.3) is 0 Å². The van der Waals surface area contributed by atoms with Gasteiger partial charge in [-0.05, 0) is 119 Å². The van der Waals surface area contributed by atoms with Crippen molar-refractivity contribution in [2.45, 2.75) is 142 Å². The summed E-state index contributed by atoms with van der Waals surface area (Å²) in [6, 6.07) is -0.511. The molecule has 304 valence electrons. The molecule has 0 aromatic carbocycles. The van der Waals surface area contributed by atoms with Gasteiger partial charge in [-0.25, -0.2) is 0 Å². The average molecular weight is 747 g/mol. The number of fused-ring (bicyclic) bond motifs is 3. The second kappa shape index (κ2) is 17.0. The monoisotopic (exact) mass is 747 g/mol. The van der Waals surface area contributed by atoms with Gasteiger partial charge >= 0.3 is 0 Å². The van der Waals surface area contributed by atoms with Crippen LogP contribution in [0.4, 0.5) is 0 Å². The first-order valence-electron chi connectivity index (χ1n) is 21.3. The zero-order valence-corrected chi connectivity index (χ0v) is 34.3. The lowest BCUT2D eigenvalue weighted by Crippen LogP contribution is -2.62. The third-order valence-corrected chi connectivity index (χ3v) is 15.2. The molecule has 7 rings (SSSR count). The number of hydroxylamine groups is 2. The average Bonchev–Trinajstić information content (AvgIpc) is 3.72. The van der Waals surface area contributed by atoms with Gasteiger partial charge in [-0.3, -0.25) is 14.4 Å². The molecular formula is C42H74N4O7. The first-order chi connectivity index (χ1) is 25.1. The summed E-state index contributed by atoms with van der Waals surface area (Å²) in [6.45, 7) is 14.9. The van der Waals surface area contributed by atoms with E-state index >= 15 is 0 Å². The van der Waals surface area contributed by atoms with Crippen molar-refractivity contribution in [1.82, 2.24) is 20.6 Å². The van der Waals surface area contributed by atoms with Crippen LogP contribution in [0.1, 0.15) is 99.3 Å². The molecule has 2 saturated heterocycles. The van der Waals surface area contributed by atoms with Gasteiger partial charge in [0.2, 0.25) is 11.8 Å².